The zero-order chi connectivity index (χ0) is 8.72. The van der Waals surface area contributed by atoms with Gasteiger partial charge >= 0.3 is 5.97 Å². The largest absolute Gasteiger partial charge is 0.477 e. The number of carboxylic acids is 1. The van der Waals surface area contributed by atoms with Crippen LogP contribution in [0.15, 0.2) is 11.8 Å². The maximum Gasteiger partial charge on any atom is 0.352 e. The highest BCUT2D eigenvalue weighted by molar-refractivity contribution is 8.00. The second-order valence-electron chi connectivity index (χ2n) is 2.65. The molecule has 10 nitrogen and oxygen atoms in total. The van der Waals surface area contributed by atoms with Gasteiger partial charge in [-0.1, -0.05) is 0 Å². The molecule has 18 heavy (non-hydrogen) atoms. The summed E-state index contributed by atoms with van der Waals surface area (Å²) in [7, 11) is 0. The molecule has 0 aromatic rings. The first-order chi connectivity index (χ1) is 5.70. The predicted octanol–water partition coefficient (Wildman–Crippen LogP) is -4.69. The Bertz CT molecular complexity index is 295. The zero-order valence-electron chi connectivity index (χ0n) is 9.19. The summed E-state index contributed by atoms with van der Waals surface area (Å²) in [4.78, 5) is 23.0. The van der Waals surface area contributed by atoms with Crippen LogP contribution in [0.4, 0.5) is 0 Å². The number of hydrogen-bond acceptors (Lipinski definition) is 3. The van der Waals surface area contributed by atoms with E-state index in [1.807, 2.05) is 0 Å². The van der Waals surface area contributed by atoms with E-state index in [2.05, 4.69) is 0 Å². The van der Waals surface area contributed by atoms with Crippen LogP contribution in [0, 0.1) is 0 Å². The summed E-state index contributed by atoms with van der Waals surface area (Å²) in [5.74, 6) is -0.398. The highest BCUT2D eigenvalue weighted by Gasteiger charge is 2.42. The molecule has 1 atom stereocenters. The maximum absolute atomic E-state index is 11.0. The molecule has 2 aliphatic heterocycles. The molecule has 1 fully saturated rings. The number of nitrogens with zero attached hydrogens (tertiary/aromatic N) is 1. The molecule has 112 valence electrons. The van der Waals surface area contributed by atoms with Crippen molar-refractivity contribution in [2.24, 2.45) is 0 Å². The van der Waals surface area contributed by atoms with Crippen molar-refractivity contribution in [1.82, 2.24) is 4.90 Å². The van der Waals surface area contributed by atoms with E-state index in [9.17, 15) is 9.59 Å². The number of rotatable bonds is 1. The number of amides is 1. The molecule has 0 aromatic heterocycles. The molecule has 0 saturated carbocycles. The van der Waals surface area contributed by atoms with Crippen LogP contribution in [0.1, 0.15) is 6.42 Å². The van der Waals surface area contributed by atoms with E-state index in [0.29, 0.717) is 12.2 Å². The van der Waals surface area contributed by atoms with Crippen molar-refractivity contribution in [2.45, 2.75) is 11.8 Å². The third-order valence-corrected chi connectivity index (χ3v) is 3.07. The van der Waals surface area contributed by atoms with Gasteiger partial charge in [-0.2, -0.15) is 0 Å². The Kier molecular flexibility index (Phi) is 18.3. The van der Waals surface area contributed by atoms with Gasteiger partial charge in [-0.15, -0.1) is 11.8 Å². The second-order valence-corrected chi connectivity index (χ2v) is 3.86. The Balaban J connectivity index is -0.0000000939. The Hall–Kier alpha value is -1.21. The van der Waals surface area contributed by atoms with Crippen LogP contribution in [0.25, 0.3) is 0 Å². The van der Waals surface area contributed by atoms with Gasteiger partial charge in [-0.3, -0.25) is 9.69 Å². The van der Waals surface area contributed by atoms with Crippen molar-refractivity contribution in [3.8, 4) is 0 Å². The van der Waals surface area contributed by atoms with Gasteiger partial charge in [0.2, 0.25) is 5.91 Å². The predicted molar refractivity (Wildman–Crippen MR) is 65.1 cm³/mol. The fourth-order valence-corrected chi connectivity index (χ4v) is 2.45. The van der Waals surface area contributed by atoms with E-state index in [1.54, 1.807) is 17.8 Å². The Morgan fingerprint density at radius 2 is 1.72 bits per heavy atom. The lowest BCUT2D eigenvalue weighted by Gasteiger charge is -2.42. The molecular weight excluding hydrogens is 274 g/mol. The van der Waals surface area contributed by atoms with Crippen molar-refractivity contribution in [3.05, 3.63) is 11.8 Å². The smallest absolute Gasteiger partial charge is 0.352 e. The average molecular weight is 293 g/mol. The van der Waals surface area contributed by atoms with E-state index in [1.165, 1.54) is 4.90 Å². The molecule has 0 radical (unpaired) electrons. The highest BCUT2D eigenvalue weighted by atomic mass is 32.2. The highest BCUT2D eigenvalue weighted by Crippen LogP contribution is 2.36. The number of aliphatic carboxylic acids is 1. The molecule has 1 amide bonds. The summed E-state index contributed by atoms with van der Waals surface area (Å²) >= 11 is 1.60. The lowest BCUT2D eigenvalue weighted by Crippen LogP contribution is -2.52. The van der Waals surface area contributed by atoms with Crippen molar-refractivity contribution in [2.75, 3.05) is 5.75 Å². The molecule has 0 aliphatic carbocycles. The van der Waals surface area contributed by atoms with Crippen LogP contribution < -0.4 is 0 Å². The molecule has 2 aliphatic rings. The first kappa shape index (κ1) is 30.1. The van der Waals surface area contributed by atoms with E-state index < -0.39 is 5.97 Å². The van der Waals surface area contributed by atoms with Crippen molar-refractivity contribution in [3.63, 3.8) is 0 Å². The summed E-state index contributed by atoms with van der Waals surface area (Å²) in [5.41, 5.74) is 0.148. The standard InChI is InChI=1S/C7H7NO3S.6H2O/c9-5-3-6-8(5)4(7(10)11)1-2-12-6;;;;;;/h1,6H,2-3H2,(H,10,11);6*1H2/t6-;;;;;;/m0....../s1. The van der Waals surface area contributed by atoms with Crippen LogP contribution in [0.2, 0.25) is 0 Å². The molecule has 2 rings (SSSR count). The van der Waals surface area contributed by atoms with Crippen LogP contribution in [0.5, 0.6) is 0 Å². The summed E-state index contributed by atoms with van der Waals surface area (Å²) in [6, 6.07) is 0. The number of carboxylic acid groups (broad SMARTS) is 1. The Morgan fingerprint density at radius 3 is 2.06 bits per heavy atom. The first-order valence-corrected chi connectivity index (χ1v) is 4.62. The molecule has 1 saturated heterocycles. The van der Waals surface area contributed by atoms with E-state index in [0.717, 1.165) is 0 Å². The number of carbonyl (C=O) groups is 2. The minimum Gasteiger partial charge on any atom is -0.477 e. The monoisotopic (exact) mass is 293 g/mol. The van der Waals surface area contributed by atoms with E-state index in [-0.39, 0.29) is 49.8 Å². The van der Waals surface area contributed by atoms with Gasteiger partial charge < -0.3 is 38.0 Å². The van der Waals surface area contributed by atoms with Crippen LogP contribution in [0.3, 0.4) is 0 Å². The van der Waals surface area contributed by atoms with Gasteiger partial charge in [0.25, 0.3) is 0 Å². The van der Waals surface area contributed by atoms with Gasteiger partial charge in [-0.05, 0) is 6.08 Å². The second kappa shape index (κ2) is 10.9. The first-order valence-electron chi connectivity index (χ1n) is 3.57. The number of carbonyl (C=O) groups excluding carboxylic acids is 1. The number of β-lactam (4-membered cyclic amide) rings is 1. The van der Waals surface area contributed by atoms with Gasteiger partial charge in [0, 0.05) is 5.75 Å². The average Bonchev–Trinajstić information content (AvgIpc) is 2.01. The molecule has 0 aromatic carbocycles. The van der Waals surface area contributed by atoms with Gasteiger partial charge in [0.05, 0.1) is 11.8 Å². The summed E-state index contributed by atoms with van der Waals surface area (Å²) in [5, 5.41) is 8.78. The Morgan fingerprint density at radius 1 is 1.22 bits per heavy atom. The van der Waals surface area contributed by atoms with E-state index >= 15 is 0 Å². The molecule has 13 N–H and O–H groups in total. The van der Waals surface area contributed by atoms with Gasteiger partial charge in [0.15, 0.2) is 0 Å². The third kappa shape index (κ3) is 4.58. The minimum atomic E-state index is -1.01. The van der Waals surface area contributed by atoms with E-state index in [4.69, 9.17) is 5.11 Å². The van der Waals surface area contributed by atoms with Gasteiger partial charge in [-0.25, -0.2) is 4.79 Å². The molecule has 0 bridgehead atoms. The van der Waals surface area contributed by atoms with Crippen LogP contribution in [-0.4, -0.2) is 65.9 Å². The number of hydrogen-bond donors (Lipinski definition) is 1. The van der Waals surface area contributed by atoms with Crippen LogP contribution in [-0.2, 0) is 9.59 Å². The molecule has 11 heteroatoms. The van der Waals surface area contributed by atoms with Crippen molar-refractivity contribution < 1.29 is 47.6 Å². The summed E-state index contributed by atoms with van der Waals surface area (Å²) in [6.07, 6.45) is 2.07. The maximum atomic E-state index is 11.0. The molecule has 2 heterocycles. The number of thioether (sulfide) groups is 1. The Labute approximate surface area is 106 Å². The summed E-state index contributed by atoms with van der Waals surface area (Å²) in [6.45, 7) is 0. The summed E-state index contributed by atoms with van der Waals surface area (Å²) < 4.78 is 0. The fourth-order valence-electron chi connectivity index (χ4n) is 1.34. The van der Waals surface area contributed by atoms with Gasteiger partial charge in [0.1, 0.15) is 5.70 Å². The van der Waals surface area contributed by atoms with Crippen LogP contribution >= 0.6 is 11.8 Å². The normalized spacial score (nSPS) is 18.2. The lowest BCUT2D eigenvalue weighted by molar-refractivity contribution is -0.146. The molecule has 0 spiro atoms. The quantitative estimate of drug-likeness (QED) is 0.467. The molecular formula is C7H19NO9S. The topological polar surface area (TPSA) is 247 Å². The SMILES string of the molecule is O.O.O.O.O.O.O=C(O)C1=CCS[C@H]2CC(=O)N12. The lowest BCUT2D eigenvalue weighted by atomic mass is 10.1. The number of fused-ring (bicyclic) bond motifs is 1. The van der Waals surface area contributed by atoms with Crippen molar-refractivity contribution in [1.29, 1.82) is 0 Å². The third-order valence-electron chi connectivity index (χ3n) is 1.95. The fraction of sp³-hybridized carbons (Fsp3) is 0.429. The minimum absolute atomic E-state index is 0. The zero-order valence-corrected chi connectivity index (χ0v) is 10.0. The van der Waals surface area contributed by atoms with Crippen molar-refractivity contribution >= 4 is 23.6 Å². The molecule has 0 unspecified atom stereocenters.